The van der Waals surface area contributed by atoms with Gasteiger partial charge in [-0.1, -0.05) is 91.0 Å². The van der Waals surface area contributed by atoms with Crippen LogP contribution in [0.5, 0.6) is 0 Å². The molecule has 9 aromatic rings. The summed E-state index contributed by atoms with van der Waals surface area (Å²) in [4.78, 5) is 13.8. The molecule has 0 aliphatic carbocycles. The van der Waals surface area contributed by atoms with Gasteiger partial charge in [0.05, 0.1) is 22.4 Å². The van der Waals surface area contributed by atoms with Gasteiger partial charge in [-0.3, -0.25) is 4.57 Å². The zero-order valence-electron chi connectivity index (χ0n) is 22.6. The Labute approximate surface area is 241 Å². The van der Waals surface area contributed by atoms with Crippen LogP contribution in [0.25, 0.3) is 82.7 Å². The molecule has 0 aliphatic rings. The highest BCUT2D eigenvalue weighted by Crippen LogP contribution is 2.38. The average molecular weight is 537 g/mol. The molecule has 42 heavy (non-hydrogen) atoms. The van der Waals surface area contributed by atoms with Crippen molar-refractivity contribution in [3.63, 3.8) is 0 Å². The van der Waals surface area contributed by atoms with E-state index in [1.54, 1.807) is 0 Å². The van der Waals surface area contributed by atoms with Crippen molar-refractivity contribution in [2.24, 2.45) is 0 Å². The minimum absolute atomic E-state index is 0.937. The van der Waals surface area contributed by atoms with Crippen molar-refractivity contribution >= 4 is 54.5 Å². The second kappa shape index (κ2) is 8.88. The summed E-state index contributed by atoms with van der Waals surface area (Å²) in [5.41, 5.74) is 9.47. The van der Waals surface area contributed by atoms with Gasteiger partial charge in [-0.25, -0.2) is 9.97 Å². The number of para-hydroxylation sites is 3. The molecular formula is C38H24N4. The van der Waals surface area contributed by atoms with E-state index in [0.717, 1.165) is 66.6 Å². The molecule has 0 radical (unpaired) electrons. The summed E-state index contributed by atoms with van der Waals surface area (Å²) in [6, 6.07) is 47.0. The Balaban J connectivity index is 1.28. The Morgan fingerprint density at radius 2 is 1.33 bits per heavy atom. The first kappa shape index (κ1) is 23.0. The number of benzene rings is 5. The molecule has 0 saturated carbocycles. The molecule has 4 aromatic heterocycles. The Bertz CT molecular complexity index is 2430. The molecule has 4 nitrogen and oxygen atoms in total. The zero-order valence-corrected chi connectivity index (χ0v) is 22.6. The highest BCUT2D eigenvalue weighted by Gasteiger charge is 2.17. The summed E-state index contributed by atoms with van der Waals surface area (Å²) in [5, 5.41) is 7.08. The molecule has 0 atom stereocenters. The summed E-state index contributed by atoms with van der Waals surface area (Å²) < 4.78 is 2.25. The second-order valence-electron chi connectivity index (χ2n) is 10.8. The van der Waals surface area contributed by atoms with Crippen molar-refractivity contribution in [1.82, 2.24) is 19.5 Å². The van der Waals surface area contributed by atoms with Gasteiger partial charge < -0.3 is 4.98 Å². The molecule has 0 fully saturated rings. The first-order valence-corrected chi connectivity index (χ1v) is 14.2. The third-order valence-corrected chi connectivity index (χ3v) is 8.37. The molecule has 0 saturated heterocycles. The first-order chi connectivity index (χ1) is 20.8. The van der Waals surface area contributed by atoms with Crippen LogP contribution >= 0.6 is 0 Å². The van der Waals surface area contributed by atoms with Crippen LogP contribution in [0.3, 0.4) is 0 Å². The van der Waals surface area contributed by atoms with Crippen LogP contribution in [-0.2, 0) is 0 Å². The summed E-state index contributed by atoms with van der Waals surface area (Å²) in [5.74, 6) is 0. The maximum Gasteiger partial charge on any atom is 0.145 e. The van der Waals surface area contributed by atoms with Gasteiger partial charge in [-0.05, 0) is 47.9 Å². The Morgan fingerprint density at radius 3 is 2.29 bits per heavy atom. The molecule has 0 amide bonds. The predicted molar refractivity (Wildman–Crippen MR) is 174 cm³/mol. The molecule has 0 bridgehead atoms. The van der Waals surface area contributed by atoms with Crippen molar-refractivity contribution in [3.05, 3.63) is 140 Å². The number of fused-ring (bicyclic) bond motifs is 7. The zero-order chi connectivity index (χ0) is 27.6. The summed E-state index contributed by atoms with van der Waals surface area (Å²) >= 11 is 0. The third kappa shape index (κ3) is 3.36. The largest absolute Gasteiger partial charge is 0.354 e. The molecule has 0 unspecified atom stereocenters. The molecular weight excluding hydrogens is 512 g/mol. The molecule has 4 heteroatoms. The van der Waals surface area contributed by atoms with Crippen molar-refractivity contribution < 1.29 is 0 Å². The second-order valence-corrected chi connectivity index (χ2v) is 10.8. The van der Waals surface area contributed by atoms with Gasteiger partial charge in [0.1, 0.15) is 5.65 Å². The maximum absolute atomic E-state index is 5.36. The summed E-state index contributed by atoms with van der Waals surface area (Å²) in [6.07, 6.45) is 1.86. The SMILES string of the molecule is c1cc(-c2cc3ccccc3c(-c3cccc4c3[nH]c3ccccc34)n2)cc(-n2c3ccccc3c3cccnc32)c1. The predicted octanol–water partition coefficient (Wildman–Crippen LogP) is 9.70. The fourth-order valence-corrected chi connectivity index (χ4v) is 6.48. The van der Waals surface area contributed by atoms with Gasteiger partial charge in [-0.2, -0.15) is 0 Å². The molecule has 5 aromatic carbocycles. The number of aromatic amines is 1. The van der Waals surface area contributed by atoms with Gasteiger partial charge in [0, 0.05) is 55.5 Å². The van der Waals surface area contributed by atoms with Crippen molar-refractivity contribution in [2.75, 3.05) is 0 Å². The fourth-order valence-electron chi connectivity index (χ4n) is 6.48. The smallest absolute Gasteiger partial charge is 0.145 e. The van der Waals surface area contributed by atoms with Crippen molar-refractivity contribution in [2.45, 2.75) is 0 Å². The van der Waals surface area contributed by atoms with Crippen LogP contribution < -0.4 is 0 Å². The summed E-state index contributed by atoms with van der Waals surface area (Å²) in [7, 11) is 0. The quantitative estimate of drug-likeness (QED) is 0.244. The average Bonchev–Trinajstić information content (AvgIpc) is 3.60. The lowest BCUT2D eigenvalue weighted by atomic mass is 9.99. The maximum atomic E-state index is 5.36. The van der Waals surface area contributed by atoms with E-state index < -0.39 is 0 Å². The van der Waals surface area contributed by atoms with E-state index in [2.05, 4.69) is 137 Å². The number of aromatic nitrogens is 4. The van der Waals surface area contributed by atoms with Crippen LogP contribution in [0.15, 0.2) is 140 Å². The monoisotopic (exact) mass is 536 g/mol. The topological polar surface area (TPSA) is 46.5 Å². The Morgan fingerprint density at radius 1 is 0.571 bits per heavy atom. The molecule has 9 rings (SSSR count). The van der Waals surface area contributed by atoms with Crippen molar-refractivity contribution in [1.29, 1.82) is 0 Å². The Hall–Kier alpha value is -5.74. The number of rotatable bonds is 3. The number of hydrogen-bond acceptors (Lipinski definition) is 2. The molecule has 0 aliphatic heterocycles. The minimum atomic E-state index is 0.937. The van der Waals surface area contributed by atoms with E-state index >= 15 is 0 Å². The molecule has 0 spiro atoms. The van der Waals surface area contributed by atoms with Gasteiger partial charge in [-0.15, -0.1) is 0 Å². The lowest BCUT2D eigenvalue weighted by Crippen LogP contribution is -1.97. The van der Waals surface area contributed by atoms with Crippen molar-refractivity contribution in [3.8, 4) is 28.2 Å². The van der Waals surface area contributed by atoms with E-state index in [4.69, 9.17) is 9.97 Å². The van der Waals surface area contributed by atoms with E-state index in [1.807, 2.05) is 12.3 Å². The molecule has 1 N–H and O–H groups in total. The van der Waals surface area contributed by atoms with E-state index in [0.29, 0.717) is 0 Å². The van der Waals surface area contributed by atoms with E-state index in [1.165, 1.54) is 16.2 Å². The van der Waals surface area contributed by atoms with E-state index in [9.17, 15) is 0 Å². The number of nitrogens with zero attached hydrogens (tertiary/aromatic N) is 3. The number of nitrogens with one attached hydrogen (secondary N) is 1. The number of pyridine rings is 2. The van der Waals surface area contributed by atoms with Crippen LogP contribution in [0, 0.1) is 0 Å². The van der Waals surface area contributed by atoms with Crippen LogP contribution in [0.2, 0.25) is 0 Å². The molecule has 196 valence electrons. The standard InChI is InChI=1S/C38H24N4/c1-2-13-27-24(10-1)23-34(41-36(27)32-17-8-16-30-28-14-3-5-19-33(28)40-37(30)32)25-11-7-12-26(22-25)42-35-20-6-4-15-29(35)31-18-9-21-39-38(31)42/h1-23,40H. The highest BCUT2D eigenvalue weighted by atomic mass is 15.0. The third-order valence-electron chi connectivity index (χ3n) is 8.37. The van der Waals surface area contributed by atoms with Crippen LogP contribution in [0.4, 0.5) is 0 Å². The van der Waals surface area contributed by atoms with Gasteiger partial charge in [0.2, 0.25) is 0 Å². The van der Waals surface area contributed by atoms with Gasteiger partial charge in [0.25, 0.3) is 0 Å². The normalized spacial score (nSPS) is 11.8. The number of H-pyrrole nitrogens is 1. The van der Waals surface area contributed by atoms with Gasteiger partial charge >= 0.3 is 0 Å². The van der Waals surface area contributed by atoms with Gasteiger partial charge in [0.15, 0.2) is 0 Å². The molecule has 4 heterocycles. The van der Waals surface area contributed by atoms with Crippen LogP contribution in [-0.4, -0.2) is 19.5 Å². The lowest BCUT2D eigenvalue weighted by molar-refractivity contribution is 1.13. The van der Waals surface area contributed by atoms with E-state index in [-0.39, 0.29) is 0 Å². The van der Waals surface area contributed by atoms with Crippen LogP contribution in [0.1, 0.15) is 0 Å². The Kier molecular flexibility index (Phi) is 4.87. The number of hydrogen-bond donors (Lipinski definition) is 1. The first-order valence-electron chi connectivity index (χ1n) is 14.2. The highest BCUT2D eigenvalue weighted by molar-refractivity contribution is 6.14. The summed E-state index contributed by atoms with van der Waals surface area (Å²) in [6.45, 7) is 0. The fraction of sp³-hybridized carbons (Fsp3) is 0. The minimum Gasteiger partial charge on any atom is -0.354 e. The lowest BCUT2D eigenvalue weighted by Gasteiger charge is -2.13.